The molecule has 136 valence electrons. The van der Waals surface area contributed by atoms with Crippen molar-refractivity contribution in [1.82, 2.24) is 9.99 Å². The number of amides is 2. The summed E-state index contributed by atoms with van der Waals surface area (Å²) < 4.78 is 13.4. The maximum Gasteiger partial charge on any atom is 0.273 e. The lowest BCUT2D eigenvalue weighted by Gasteiger charge is -2.21. The van der Waals surface area contributed by atoms with E-state index in [-0.39, 0.29) is 29.6 Å². The van der Waals surface area contributed by atoms with Crippen molar-refractivity contribution in [2.45, 2.75) is 25.4 Å². The largest absolute Gasteiger partial charge is 0.380 e. The Morgan fingerprint density at radius 3 is 2.88 bits per heavy atom. The van der Waals surface area contributed by atoms with Gasteiger partial charge in [-0.05, 0) is 24.6 Å². The molecule has 0 saturated carbocycles. The first-order valence-corrected chi connectivity index (χ1v) is 8.69. The highest BCUT2D eigenvalue weighted by Crippen LogP contribution is 2.34. The topological polar surface area (TPSA) is 94.9 Å². The van der Waals surface area contributed by atoms with Crippen LogP contribution in [0.5, 0.6) is 0 Å². The number of rotatable bonds is 4. The van der Waals surface area contributed by atoms with E-state index in [2.05, 4.69) is 15.4 Å². The van der Waals surface area contributed by atoms with Crippen LogP contribution in [0.4, 0.5) is 9.52 Å². The molecular formula is C17H17FN4O3S. The predicted molar refractivity (Wildman–Crippen MR) is 95.3 cm³/mol. The maximum atomic E-state index is 13.4. The van der Waals surface area contributed by atoms with Crippen molar-refractivity contribution in [1.29, 1.82) is 0 Å². The minimum absolute atomic E-state index is 0.149. The second kappa shape index (κ2) is 6.93. The van der Waals surface area contributed by atoms with Gasteiger partial charge in [-0.2, -0.15) is 5.10 Å². The first-order chi connectivity index (χ1) is 12.3. The Morgan fingerprint density at radius 2 is 2.19 bits per heavy atom. The monoisotopic (exact) mass is 376 g/mol. The molecule has 1 unspecified atom stereocenters. The van der Waals surface area contributed by atoms with Crippen molar-refractivity contribution in [3.63, 3.8) is 0 Å². The molecule has 1 aliphatic rings. The van der Waals surface area contributed by atoms with Crippen LogP contribution in [0.2, 0.25) is 0 Å². The van der Waals surface area contributed by atoms with Crippen LogP contribution in [0.3, 0.4) is 0 Å². The second-order valence-electron chi connectivity index (χ2n) is 6.03. The van der Waals surface area contributed by atoms with Gasteiger partial charge in [0.2, 0.25) is 5.91 Å². The molecule has 2 amide bonds. The Hall–Kier alpha value is -2.65. The van der Waals surface area contributed by atoms with Crippen molar-refractivity contribution in [3.05, 3.63) is 46.7 Å². The molecule has 0 bridgehead atoms. The Balaban J connectivity index is 1.77. The molecule has 0 radical (unpaired) electrons. The SMILES string of the molecule is CN1N=C(C(=O)Nc2ncc(C(C)(O)c3cccc(F)c3)s2)CCC1=O. The zero-order valence-corrected chi connectivity index (χ0v) is 15.0. The summed E-state index contributed by atoms with van der Waals surface area (Å²) in [5.41, 5.74) is -0.825. The van der Waals surface area contributed by atoms with Crippen LogP contribution in [0, 0.1) is 5.82 Å². The Kier molecular flexibility index (Phi) is 4.84. The highest BCUT2D eigenvalue weighted by Gasteiger charge is 2.29. The van der Waals surface area contributed by atoms with E-state index in [1.165, 1.54) is 38.4 Å². The molecule has 1 aromatic heterocycles. The summed E-state index contributed by atoms with van der Waals surface area (Å²) >= 11 is 1.08. The Morgan fingerprint density at radius 1 is 1.42 bits per heavy atom. The lowest BCUT2D eigenvalue weighted by Crippen LogP contribution is -2.34. The second-order valence-corrected chi connectivity index (χ2v) is 7.06. The zero-order chi connectivity index (χ0) is 18.9. The number of thiazole rings is 1. The molecule has 0 spiro atoms. The van der Waals surface area contributed by atoms with Crippen LogP contribution in [0.1, 0.15) is 30.2 Å². The Bertz CT molecular complexity index is 894. The van der Waals surface area contributed by atoms with Gasteiger partial charge in [0.1, 0.15) is 17.1 Å². The third-order valence-electron chi connectivity index (χ3n) is 4.06. The minimum Gasteiger partial charge on any atom is -0.380 e. The summed E-state index contributed by atoms with van der Waals surface area (Å²) in [4.78, 5) is 28.2. The summed E-state index contributed by atoms with van der Waals surface area (Å²) in [6.07, 6.45) is 1.91. The first kappa shape index (κ1) is 18.2. The third-order valence-corrected chi connectivity index (χ3v) is 5.19. The number of halogens is 1. The average Bonchev–Trinajstić information content (AvgIpc) is 3.06. The van der Waals surface area contributed by atoms with E-state index in [9.17, 15) is 19.1 Å². The van der Waals surface area contributed by atoms with Gasteiger partial charge in [-0.1, -0.05) is 23.5 Å². The van der Waals surface area contributed by atoms with E-state index in [1.54, 1.807) is 6.07 Å². The van der Waals surface area contributed by atoms with Crippen LogP contribution < -0.4 is 5.32 Å². The fraction of sp³-hybridized carbons (Fsp3) is 0.294. The van der Waals surface area contributed by atoms with E-state index < -0.39 is 17.3 Å². The van der Waals surface area contributed by atoms with Gasteiger partial charge >= 0.3 is 0 Å². The summed E-state index contributed by atoms with van der Waals surface area (Å²) in [7, 11) is 1.49. The fourth-order valence-corrected chi connectivity index (χ4v) is 3.37. The van der Waals surface area contributed by atoms with Crippen molar-refractivity contribution in [2.75, 3.05) is 12.4 Å². The summed E-state index contributed by atoms with van der Waals surface area (Å²) in [6, 6.07) is 5.68. The van der Waals surface area contributed by atoms with Crippen LogP contribution in [0.15, 0.2) is 35.6 Å². The molecule has 1 aromatic carbocycles. The van der Waals surface area contributed by atoms with Gasteiger partial charge in [0.25, 0.3) is 5.91 Å². The number of hydrazone groups is 1. The molecule has 2 N–H and O–H groups in total. The quantitative estimate of drug-likeness (QED) is 0.854. The molecule has 0 saturated heterocycles. The maximum absolute atomic E-state index is 13.4. The van der Waals surface area contributed by atoms with Crippen LogP contribution in [0.25, 0.3) is 0 Å². The van der Waals surface area contributed by atoms with E-state index in [0.717, 1.165) is 16.3 Å². The molecule has 1 aliphatic heterocycles. The summed E-state index contributed by atoms with van der Waals surface area (Å²) in [6.45, 7) is 1.53. The van der Waals surface area contributed by atoms with E-state index in [1.807, 2.05) is 0 Å². The molecule has 9 heteroatoms. The molecule has 3 rings (SSSR count). The molecule has 2 heterocycles. The molecule has 2 aromatic rings. The van der Waals surface area contributed by atoms with Gasteiger partial charge < -0.3 is 5.11 Å². The van der Waals surface area contributed by atoms with Crippen LogP contribution >= 0.6 is 11.3 Å². The first-order valence-electron chi connectivity index (χ1n) is 7.87. The van der Waals surface area contributed by atoms with E-state index in [4.69, 9.17) is 0 Å². The standard InChI is InChI=1S/C17H17FN4O3S/c1-17(25,10-4-3-5-11(18)8-10)13-9-19-16(26-13)20-15(24)12-6-7-14(23)22(2)21-12/h3-5,8-9,25H,6-7H2,1-2H3,(H,19,20,24). The van der Waals surface area contributed by atoms with Crippen molar-refractivity contribution in [2.24, 2.45) is 5.10 Å². The Labute approximate surface area is 153 Å². The number of aromatic nitrogens is 1. The van der Waals surface area contributed by atoms with Gasteiger partial charge in [-0.25, -0.2) is 14.4 Å². The third kappa shape index (κ3) is 3.63. The summed E-state index contributed by atoms with van der Waals surface area (Å²) in [5.74, 6) is -1.05. The number of carbonyl (C=O) groups excluding carboxylic acids is 2. The van der Waals surface area contributed by atoms with Gasteiger partial charge in [0.15, 0.2) is 5.13 Å². The highest BCUT2D eigenvalue weighted by atomic mass is 32.1. The molecule has 26 heavy (non-hydrogen) atoms. The summed E-state index contributed by atoms with van der Waals surface area (Å²) in [5, 5.41) is 18.7. The number of carbonyl (C=O) groups is 2. The molecular weight excluding hydrogens is 359 g/mol. The number of nitrogens with one attached hydrogen (secondary N) is 1. The molecule has 7 nitrogen and oxygen atoms in total. The van der Waals surface area contributed by atoms with E-state index in [0.29, 0.717) is 10.4 Å². The number of hydrogen-bond donors (Lipinski definition) is 2. The van der Waals surface area contributed by atoms with Crippen molar-refractivity contribution >= 4 is 34.0 Å². The number of benzene rings is 1. The fourth-order valence-electron chi connectivity index (χ4n) is 2.49. The molecule has 0 fully saturated rings. The van der Waals surface area contributed by atoms with Gasteiger partial charge in [0.05, 0.1) is 4.88 Å². The van der Waals surface area contributed by atoms with E-state index >= 15 is 0 Å². The average molecular weight is 376 g/mol. The highest BCUT2D eigenvalue weighted by molar-refractivity contribution is 7.16. The van der Waals surface area contributed by atoms with Crippen LogP contribution in [-0.4, -0.2) is 39.7 Å². The van der Waals surface area contributed by atoms with Crippen molar-refractivity contribution < 1.29 is 19.1 Å². The predicted octanol–water partition coefficient (Wildman–Crippen LogP) is 2.08. The smallest absolute Gasteiger partial charge is 0.273 e. The number of anilines is 1. The molecule has 1 atom stereocenters. The lowest BCUT2D eigenvalue weighted by molar-refractivity contribution is -0.130. The van der Waals surface area contributed by atoms with Gasteiger partial charge in [0, 0.05) is 26.1 Å². The normalized spacial score (nSPS) is 16.8. The van der Waals surface area contributed by atoms with Gasteiger partial charge in [-0.15, -0.1) is 0 Å². The number of hydrogen-bond acceptors (Lipinski definition) is 6. The minimum atomic E-state index is -1.45. The van der Waals surface area contributed by atoms with Gasteiger partial charge in [-0.3, -0.25) is 14.9 Å². The lowest BCUT2D eigenvalue weighted by atomic mass is 9.95. The number of aliphatic hydroxyl groups is 1. The van der Waals surface area contributed by atoms with Crippen LogP contribution in [-0.2, 0) is 15.2 Å². The number of nitrogens with zero attached hydrogens (tertiary/aromatic N) is 3. The molecule has 0 aliphatic carbocycles. The van der Waals surface area contributed by atoms with Crippen molar-refractivity contribution in [3.8, 4) is 0 Å². The zero-order valence-electron chi connectivity index (χ0n) is 14.2.